The van der Waals surface area contributed by atoms with Crippen LogP contribution in [0.2, 0.25) is 0 Å². The molecule has 1 aromatic rings. The van der Waals surface area contributed by atoms with E-state index in [0.717, 1.165) is 28.2 Å². The summed E-state index contributed by atoms with van der Waals surface area (Å²) in [6, 6.07) is 3.92. The minimum absolute atomic E-state index is 0.00261. The second kappa shape index (κ2) is 5.79. The second-order valence-electron chi connectivity index (χ2n) is 5.97. The number of likely N-dealkylation sites (tertiary alicyclic amines) is 1. The molecule has 2 aliphatic heterocycles. The van der Waals surface area contributed by atoms with Gasteiger partial charge in [-0.15, -0.1) is 0 Å². The SMILES string of the molecule is O=C(O)C1CC(F)(F)CCN1C(=O)Cc1ccc2c(c1)CCO2. The largest absolute Gasteiger partial charge is 0.493 e. The smallest absolute Gasteiger partial charge is 0.326 e. The minimum Gasteiger partial charge on any atom is -0.493 e. The number of hydrogen-bond acceptors (Lipinski definition) is 3. The molecule has 0 spiro atoms. The van der Waals surface area contributed by atoms with E-state index in [4.69, 9.17) is 9.84 Å². The molecule has 0 radical (unpaired) electrons. The maximum atomic E-state index is 13.4. The Hall–Kier alpha value is -2.18. The van der Waals surface area contributed by atoms with Crippen LogP contribution in [0.1, 0.15) is 24.0 Å². The van der Waals surface area contributed by atoms with Crippen molar-refractivity contribution in [2.75, 3.05) is 13.2 Å². The molecule has 1 amide bonds. The minimum atomic E-state index is -3.04. The number of alkyl halides is 2. The van der Waals surface area contributed by atoms with Crippen molar-refractivity contribution in [3.63, 3.8) is 0 Å². The van der Waals surface area contributed by atoms with Gasteiger partial charge in [0.1, 0.15) is 11.8 Å². The molecule has 1 atom stereocenters. The highest BCUT2D eigenvalue weighted by Gasteiger charge is 2.45. The number of carbonyl (C=O) groups is 2. The molecule has 0 saturated carbocycles. The third kappa shape index (κ3) is 3.28. The van der Waals surface area contributed by atoms with Gasteiger partial charge in [0.05, 0.1) is 13.0 Å². The van der Waals surface area contributed by atoms with E-state index in [9.17, 15) is 18.4 Å². The van der Waals surface area contributed by atoms with Gasteiger partial charge in [0, 0.05) is 25.8 Å². The van der Waals surface area contributed by atoms with Gasteiger partial charge in [-0.05, 0) is 17.2 Å². The lowest BCUT2D eigenvalue weighted by Gasteiger charge is -2.37. The zero-order chi connectivity index (χ0) is 16.6. The summed E-state index contributed by atoms with van der Waals surface area (Å²) < 4.78 is 32.2. The van der Waals surface area contributed by atoms with Crippen LogP contribution in [0, 0.1) is 0 Å². The highest BCUT2D eigenvalue weighted by molar-refractivity contribution is 5.85. The number of halogens is 2. The average Bonchev–Trinajstić information content (AvgIpc) is 2.93. The number of ether oxygens (including phenoxy) is 1. The molecule has 2 aliphatic rings. The Labute approximate surface area is 131 Å². The molecule has 0 bridgehead atoms. The van der Waals surface area contributed by atoms with Gasteiger partial charge in [-0.25, -0.2) is 13.6 Å². The van der Waals surface area contributed by atoms with Gasteiger partial charge < -0.3 is 14.7 Å². The fraction of sp³-hybridized carbons (Fsp3) is 0.500. The number of carboxylic acids is 1. The third-order valence-electron chi connectivity index (χ3n) is 4.30. The molecule has 0 aromatic heterocycles. The standard InChI is InChI=1S/C16H17F2NO4/c17-16(18)4-5-19(12(9-16)15(21)22)14(20)8-10-1-2-13-11(7-10)3-6-23-13/h1-2,7,12H,3-6,8-9H2,(H,21,22). The number of benzene rings is 1. The highest BCUT2D eigenvalue weighted by Crippen LogP contribution is 2.32. The summed E-state index contributed by atoms with van der Waals surface area (Å²) >= 11 is 0. The molecule has 1 N–H and O–H groups in total. The summed E-state index contributed by atoms with van der Waals surface area (Å²) in [5, 5.41) is 9.14. The molecule has 23 heavy (non-hydrogen) atoms. The topological polar surface area (TPSA) is 66.8 Å². The Kier molecular flexibility index (Phi) is 3.95. The maximum Gasteiger partial charge on any atom is 0.326 e. The summed E-state index contributed by atoms with van der Waals surface area (Å²) in [5.74, 6) is -4.07. The van der Waals surface area contributed by atoms with Crippen LogP contribution in [-0.2, 0) is 22.4 Å². The maximum absolute atomic E-state index is 13.4. The lowest BCUT2D eigenvalue weighted by molar-refractivity contribution is -0.161. The fourth-order valence-corrected chi connectivity index (χ4v) is 3.08. The van der Waals surface area contributed by atoms with Crippen molar-refractivity contribution < 1.29 is 28.2 Å². The summed E-state index contributed by atoms with van der Waals surface area (Å²) in [7, 11) is 0. The molecular weight excluding hydrogens is 308 g/mol. The highest BCUT2D eigenvalue weighted by atomic mass is 19.3. The van der Waals surface area contributed by atoms with Gasteiger partial charge in [0.2, 0.25) is 5.91 Å². The van der Waals surface area contributed by atoms with E-state index >= 15 is 0 Å². The molecule has 1 fully saturated rings. The van der Waals surface area contributed by atoms with Crippen molar-refractivity contribution >= 4 is 11.9 Å². The van der Waals surface area contributed by atoms with Gasteiger partial charge in [-0.2, -0.15) is 0 Å². The molecule has 1 aromatic carbocycles. The summed E-state index contributed by atoms with van der Waals surface area (Å²) in [4.78, 5) is 24.7. The summed E-state index contributed by atoms with van der Waals surface area (Å²) in [6.07, 6.45) is -0.555. The lowest BCUT2D eigenvalue weighted by atomic mass is 9.97. The van der Waals surface area contributed by atoms with Gasteiger partial charge >= 0.3 is 5.97 Å². The molecule has 124 valence electrons. The van der Waals surface area contributed by atoms with Crippen molar-refractivity contribution in [1.82, 2.24) is 4.90 Å². The van der Waals surface area contributed by atoms with E-state index in [0.29, 0.717) is 6.61 Å². The quantitative estimate of drug-likeness (QED) is 0.921. The van der Waals surface area contributed by atoms with Gasteiger partial charge in [-0.1, -0.05) is 12.1 Å². The first-order valence-electron chi connectivity index (χ1n) is 7.50. The van der Waals surface area contributed by atoms with Crippen LogP contribution in [0.15, 0.2) is 18.2 Å². The predicted molar refractivity (Wildman–Crippen MR) is 76.7 cm³/mol. The van der Waals surface area contributed by atoms with Crippen molar-refractivity contribution in [2.24, 2.45) is 0 Å². The number of hydrogen-bond donors (Lipinski definition) is 1. The monoisotopic (exact) mass is 325 g/mol. The van der Waals surface area contributed by atoms with E-state index in [2.05, 4.69) is 0 Å². The average molecular weight is 325 g/mol. The number of rotatable bonds is 3. The third-order valence-corrected chi connectivity index (χ3v) is 4.30. The number of amides is 1. The molecule has 1 saturated heterocycles. The van der Waals surface area contributed by atoms with Crippen LogP contribution in [0.25, 0.3) is 0 Å². The zero-order valence-corrected chi connectivity index (χ0v) is 12.4. The number of aliphatic carboxylic acids is 1. The van der Waals surface area contributed by atoms with Crippen LogP contribution in [0.4, 0.5) is 8.78 Å². The van der Waals surface area contributed by atoms with E-state index in [1.54, 1.807) is 12.1 Å². The van der Waals surface area contributed by atoms with E-state index in [1.807, 2.05) is 6.07 Å². The predicted octanol–water partition coefficient (Wildman–Crippen LogP) is 1.87. The van der Waals surface area contributed by atoms with Crippen LogP contribution in [0.3, 0.4) is 0 Å². The molecule has 0 aliphatic carbocycles. The Morgan fingerprint density at radius 2 is 2.17 bits per heavy atom. The molecule has 7 heteroatoms. The van der Waals surface area contributed by atoms with Crippen LogP contribution < -0.4 is 4.74 Å². The molecular formula is C16H17F2NO4. The molecule has 2 heterocycles. The zero-order valence-electron chi connectivity index (χ0n) is 12.4. The van der Waals surface area contributed by atoms with Gasteiger partial charge in [-0.3, -0.25) is 4.79 Å². The number of nitrogens with zero attached hydrogens (tertiary/aromatic N) is 1. The Bertz CT molecular complexity index is 647. The summed E-state index contributed by atoms with van der Waals surface area (Å²) in [6.45, 7) is 0.367. The van der Waals surface area contributed by atoms with E-state index in [1.165, 1.54) is 0 Å². The molecule has 3 rings (SSSR count). The number of fused-ring (bicyclic) bond motifs is 1. The van der Waals surface area contributed by atoms with Crippen LogP contribution in [-0.4, -0.2) is 47.0 Å². The van der Waals surface area contributed by atoms with Gasteiger partial charge in [0.25, 0.3) is 5.92 Å². The number of carboxylic acid groups (broad SMARTS) is 1. The summed E-state index contributed by atoms with van der Waals surface area (Å²) in [5.41, 5.74) is 1.75. The Morgan fingerprint density at radius 1 is 1.39 bits per heavy atom. The van der Waals surface area contributed by atoms with Crippen molar-refractivity contribution in [1.29, 1.82) is 0 Å². The molecule has 5 nitrogen and oxygen atoms in total. The van der Waals surface area contributed by atoms with E-state index in [-0.39, 0.29) is 13.0 Å². The Morgan fingerprint density at radius 3 is 2.91 bits per heavy atom. The van der Waals surface area contributed by atoms with Crippen molar-refractivity contribution in [3.05, 3.63) is 29.3 Å². The first kappa shape index (κ1) is 15.7. The first-order chi connectivity index (χ1) is 10.9. The Balaban J connectivity index is 1.73. The van der Waals surface area contributed by atoms with Crippen molar-refractivity contribution in [3.8, 4) is 5.75 Å². The van der Waals surface area contributed by atoms with Crippen LogP contribution in [0.5, 0.6) is 5.75 Å². The molecule has 1 unspecified atom stereocenters. The fourth-order valence-electron chi connectivity index (χ4n) is 3.08. The van der Waals surface area contributed by atoms with Gasteiger partial charge in [0.15, 0.2) is 0 Å². The number of piperidine rings is 1. The van der Waals surface area contributed by atoms with Crippen molar-refractivity contribution in [2.45, 2.75) is 37.6 Å². The van der Waals surface area contributed by atoms with E-state index < -0.39 is 36.7 Å². The number of carbonyl (C=O) groups excluding carboxylic acids is 1. The second-order valence-corrected chi connectivity index (χ2v) is 5.97. The normalized spacial score (nSPS) is 22.3. The lowest BCUT2D eigenvalue weighted by Crippen LogP contribution is -2.53. The first-order valence-corrected chi connectivity index (χ1v) is 7.50. The van der Waals surface area contributed by atoms with Crippen LogP contribution >= 0.6 is 0 Å².